The van der Waals surface area contributed by atoms with Crippen LogP contribution in [0.1, 0.15) is 18.4 Å². The Morgan fingerprint density at radius 1 is 1.10 bits per heavy atom. The zero-order valence-electron chi connectivity index (χ0n) is 11.9. The molecule has 0 amide bonds. The first-order valence-corrected chi connectivity index (χ1v) is 7.37. The topological polar surface area (TPSA) is 32.5 Å². The number of rotatable bonds is 3. The molecule has 1 aromatic carbocycles. The summed E-state index contributed by atoms with van der Waals surface area (Å²) >= 11 is 0. The Hall–Kier alpha value is -1.43. The molecule has 1 saturated carbocycles. The summed E-state index contributed by atoms with van der Waals surface area (Å²) in [5, 5.41) is 0. The van der Waals surface area contributed by atoms with Crippen LogP contribution in [0.25, 0.3) is 0 Å². The molecule has 2 aliphatic rings. The van der Waals surface area contributed by atoms with Gasteiger partial charge in [-0.2, -0.15) is 13.2 Å². The lowest BCUT2D eigenvalue weighted by Gasteiger charge is -2.37. The number of hydrogen-bond acceptors (Lipinski definition) is 3. The Labute approximate surface area is 122 Å². The van der Waals surface area contributed by atoms with Gasteiger partial charge in [0.05, 0.1) is 5.56 Å². The van der Waals surface area contributed by atoms with Gasteiger partial charge in [-0.15, -0.1) is 0 Å². The van der Waals surface area contributed by atoms with Crippen LogP contribution in [0.5, 0.6) is 0 Å². The van der Waals surface area contributed by atoms with Crippen molar-refractivity contribution in [1.82, 2.24) is 4.90 Å². The van der Waals surface area contributed by atoms with Gasteiger partial charge in [0.1, 0.15) is 0 Å². The molecule has 0 unspecified atom stereocenters. The first kappa shape index (κ1) is 14.5. The van der Waals surface area contributed by atoms with E-state index >= 15 is 0 Å². The van der Waals surface area contributed by atoms with Gasteiger partial charge < -0.3 is 10.6 Å². The number of anilines is 2. The third-order valence-corrected chi connectivity index (χ3v) is 4.25. The van der Waals surface area contributed by atoms with Gasteiger partial charge in [0.15, 0.2) is 0 Å². The molecule has 1 aliphatic heterocycles. The molecule has 21 heavy (non-hydrogen) atoms. The fraction of sp³-hybridized carbons (Fsp3) is 0.600. The van der Waals surface area contributed by atoms with Crippen molar-refractivity contribution < 1.29 is 13.2 Å². The second-order valence-electron chi connectivity index (χ2n) is 6.01. The Morgan fingerprint density at radius 3 is 2.33 bits per heavy atom. The van der Waals surface area contributed by atoms with E-state index in [0.717, 1.165) is 31.6 Å². The number of piperazine rings is 1. The van der Waals surface area contributed by atoms with Crippen molar-refractivity contribution in [2.45, 2.75) is 19.0 Å². The number of nitrogen functional groups attached to an aromatic ring is 1. The van der Waals surface area contributed by atoms with Crippen LogP contribution >= 0.6 is 0 Å². The van der Waals surface area contributed by atoms with Crippen molar-refractivity contribution >= 4 is 11.4 Å². The normalized spacial score (nSPS) is 20.8. The van der Waals surface area contributed by atoms with E-state index in [0.29, 0.717) is 13.1 Å². The molecule has 0 atom stereocenters. The molecular formula is C15H20F3N3. The Kier molecular flexibility index (Phi) is 3.73. The number of nitrogens with two attached hydrogens (primary N) is 1. The maximum atomic E-state index is 13.1. The van der Waals surface area contributed by atoms with Crippen molar-refractivity contribution in [2.75, 3.05) is 43.4 Å². The van der Waals surface area contributed by atoms with Crippen LogP contribution in [0.15, 0.2) is 18.2 Å². The first-order chi connectivity index (χ1) is 9.93. The smallest absolute Gasteiger partial charge is 0.399 e. The molecule has 1 heterocycles. The van der Waals surface area contributed by atoms with Gasteiger partial charge in [-0.25, -0.2) is 0 Å². The van der Waals surface area contributed by atoms with E-state index < -0.39 is 11.7 Å². The molecule has 0 spiro atoms. The third kappa shape index (κ3) is 3.43. The Balaban J connectivity index is 1.72. The lowest BCUT2D eigenvalue weighted by molar-refractivity contribution is -0.137. The zero-order valence-corrected chi connectivity index (χ0v) is 11.9. The minimum atomic E-state index is -4.37. The molecule has 1 aromatic rings. The average Bonchev–Trinajstić information content (AvgIpc) is 3.23. The van der Waals surface area contributed by atoms with E-state index in [2.05, 4.69) is 4.90 Å². The van der Waals surface area contributed by atoms with E-state index in [9.17, 15) is 13.2 Å². The maximum absolute atomic E-state index is 13.1. The van der Waals surface area contributed by atoms with Gasteiger partial charge in [0.2, 0.25) is 0 Å². The predicted octanol–water partition coefficient (Wildman–Crippen LogP) is 2.82. The molecule has 2 N–H and O–H groups in total. The van der Waals surface area contributed by atoms with Crippen LogP contribution in [0.2, 0.25) is 0 Å². The van der Waals surface area contributed by atoms with Gasteiger partial charge in [-0.05, 0) is 37.0 Å². The molecule has 3 nitrogen and oxygen atoms in total. The van der Waals surface area contributed by atoms with Crippen LogP contribution in [0.4, 0.5) is 24.5 Å². The van der Waals surface area contributed by atoms with E-state index in [4.69, 9.17) is 5.73 Å². The molecule has 3 rings (SSSR count). The fourth-order valence-corrected chi connectivity index (χ4v) is 2.89. The lowest BCUT2D eigenvalue weighted by atomic mass is 10.1. The van der Waals surface area contributed by atoms with Gasteiger partial charge in [-0.3, -0.25) is 4.90 Å². The van der Waals surface area contributed by atoms with E-state index in [1.54, 1.807) is 6.07 Å². The lowest BCUT2D eigenvalue weighted by Crippen LogP contribution is -2.47. The molecule has 0 aromatic heterocycles. The number of alkyl halides is 3. The third-order valence-electron chi connectivity index (χ3n) is 4.25. The predicted molar refractivity (Wildman–Crippen MR) is 77.2 cm³/mol. The van der Waals surface area contributed by atoms with Crippen LogP contribution in [-0.4, -0.2) is 37.6 Å². The van der Waals surface area contributed by atoms with Crippen molar-refractivity contribution in [1.29, 1.82) is 0 Å². The number of halogens is 3. The Bertz CT molecular complexity index is 503. The summed E-state index contributed by atoms with van der Waals surface area (Å²) in [5.41, 5.74) is 5.29. The second-order valence-corrected chi connectivity index (χ2v) is 6.01. The molecule has 1 aliphatic carbocycles. The van der Waals surface area contributed by atoms with Crippen LogP contribution in [0, 0.1) is 5.92 Å². The highest BCUT2D eigenvalue weighted by Gasteiger charge is 2.36. The number of hydrogen-bond donors (Lipinski definition) is 1. The largest absolute Gasteiger partial charge is 0.418 e. The standard InChI is InChI=1S/C15H20F3N3/c16-15(17,18)13-9-12(19)3-4-14(13)21-7-5-20(6-8-21)10-11-1-2-11/h3-4,9,11H,1-2,5-8,10,19H2. The minimum absolute atomic E-state index is 0.151. The van der Waals surface area contributed by atoms with Gasteiger partial charge >= 0.3 is 6.18 Å². The van der Waals surface area contributed by atoms with Crippen molar-refractivity contribution in [3.05, 3.63) is 23.8 Å². The summed E-state index contributed by atoms with van der Waals surface area (Å²) in [6, 6.07) is 4.07. The molecule has 1 saturated heterocycles. The number of nitrogens with zero attached hydrogens (tertiary/aromatic N) is 2. The number of benzene rings is 1. The van der Waals surface area contributed by atoms with Gasteiger partial charge in [-0.1, -0.05) is 0 Å². The first-order valence-electron chi connectivity index (χ1n) is 7.37. The second kappa shape index (κ2) is 5.40. The van der Waals surface area contributed by atoms with E-state index in [-0.39, 0.29) is 11.4 Å². The maximum Gasteiger partial charge on any atom is 0.418 e. The van der Waals surface area contributed by atoms with Crippen molar-refractivity contribution in [3.63, 3.8) is 0 Å². The average molecular weight is 299 g/mol. The highest BCUT2D eigenvalue weighted by atomic mass is 19.4. The van der Waals surface area contributed by atoms with E-state index in [1.165, 1.54) is 18.9 Å². The molecule has 2 fully saturated rings. The summed E-state index contributed by atoms with van der Waals surface area (Å²) < 4.78 is 39.4. The van der Waals surface area contributed by atoms with Gasteiger partial charge in [0, 0.05) is 44.1 Å². The fourth-order valence-electron chi connectivity index (χ4n) is 2.89. The van der Waals surface area contributed by atoms with Crippen LogP contribution in [0.3, 0.4) is 0 Å². The molecule has 0 bridgehead atoms. The van der Waals surface area contributed by atoms with E-state index in [1.807, 2.05) is 4.90 Å². The summed E-state index contributed by atoms with van der Waals surface area (Å²) in [6.07, 6.45) is -1.76. The SMILES string of the molecule is Nc1ccc(N2CCN(CC3CC3)CC2)c(C(F)(F)F)c1. The van der Waals surface area contributed by atoms with Crippen LogP contribution < -0.4 is 10.6 Å². The molecule has 6 heteroatoms. The molecule has 116 valence electrons. The Morgan fingerprint density at radius 2 is 1.76 bits per heavy atom. The van der Waals surface area contributed by atoms with Gasteiger partial charge in [0.25, 0.3) is 0 Å². The van der Waals surface area contributed by atoms with Crippen molar-refractivity contribution in [2.24, 2.45) is 5.92 Å². The molecular weight excluding hydrogens is 279 g/mol. The molecule has 0 radical (unpaired) electrons. The highest BCUT2D eigenvalue weighted by Crippen LogP contribution is 2.38. The quantitative estimate of drug-likeness (QED) is 0.871. The summed E-state index contributed by atoms with van der Waals surface area (Å²) in [6.45, 7) is 4.04. The summed E-state index contributed by atoms with van der Waals surface area (Å²) in [4.78, 5) is 4.18. The van der Waals surface area contributed by atoms with Crippen molar-refractivity contribution in [3.8, 4) is 0 Å². The monoisotopic (exact) mass is 299 g/mol. The summed E-state index contributed by atoms with van der Waals surface area (Å²) in [5.74, 6) is 0.818. The summed E-state index contributed by atoms with van der Waals surface area (Å²) in [7, 11) is 0. The van der Waals surface area contributed by atoms with Crippen LogP contribution in [-0.2, 0) is 6.18 Å². The highest BCUT2D eigenvalue weighted by molar-refractivity contribution is 5.61. The zero-order chi connectivity index (χ0) is 15.0. The minimum Gasteiger partial charge on any atom is -0.399 e.